The van der Waals surface area contributed by atoms with Gasteiger partial charge in [-0.1, -0.05) is 28.9 Å². The first-order chi connectivity index (χ1) is 13.7. The van der Waals surface area contributed by atoms with Crippen LogP contribution in [0.25, 0.3) is 11.4 Å². The number of hydrogen-bond acceptors (Lipinski definition) is 6. The van der Waals surface area contributed by atoms with E-state index in [9.17, 15) is 13.2 Å². The van der Waals surface area contributed by atoms with Crippen molar-refractivity contribution in [3.8, 4) is 11.4 Å². The van der Waals surface area contributed by atoms with Crippen molar-refractivity contribution in [3.63, 3.8) is 0 Å². The number of carbonyl (C=O) groups is 1. The zero-order chi connectivity index (χ0) is 21.2. The lowest BCUT2D eigenvalue weighted by Gasteiger charge is -2.33. The highest BCUT2D eigenvalue weighted by molar-refractivity contribution is 7.86. The fraction of sp³-hybridized carbons (Fsp3) is 0.526. The number of aryl methyl sites for hydroxylation is 1. The summed E-state index contributed by atoms with van der Waals surface area (Å²) in [5.41, 5.74) is 1.97. The standard InChI is InChI=1S/C19H27N5O4S/c1-14-6-5-7-16(12-14)18-20-17(28-21-18)13-23(4)19(25)15-8-10-24(11-9-15)29(26,27)22(2)3/h5-7,12,15H,8-11,13H2,1-4H3. The van der Waals surface area contributed by atoms with Crippen LogP contribution in [0.4, 0.5) is 0 Å². The van der Waals surface area contributed by atoms with E-state index in [1.807, 2.05) is 31.2 Å². The van der Waals surface area contributed by atoms with Crippen LogP contribution in [0.1, 0.15) is 24.3 Å². The minimum absolute atomic E-state index is 0.0396. The van der Waals surface area contributed by atoms with E-state index in [0.29, 0.717) is 37.6 Å². The van der Waals surface area contributed by atoms with Crippen LogP contribution >= 0.6 is 0 Å². The molecule has 1 aromatic heterocycles. The smallest absolute Gasteiger partial charge is 0.281 e. The molecule has 10 heteroatoms. The molecule has 29 heavy (non-hydrogen) atoms. The molecule has 1 saturated heterocycles. The summed E-state index contributed by atoms with van der Waals surface area (Å²) in [6, 6.07) is 7.80. The molecule has 2 heterocycles. The maximum Gasteiger partial charge on any atom is 0.281 e. The van der Waals surface area contributed by atoms with Crippen LogP contribution in [0.15, 0.2) is 28.8 Å². The second-order valence-corrected chi connectivity index (χ2v) is 9.68. The fourth-order valence-electron chi connectivity index (χ4n) is 3.38. The fourth-order valence-corrected chi connectivity index (χ4v) is 4.51. The van der Waals surface area contributed by atoms with E-state index in [0.717, 1.165) is 11.1 Å². The molecule has 1 fully saturated rings. The summed E-state index contributed by atoms with van der Waals surface area (Å²) in [5, 5.41) is 4.00. The largest absolute Gasteiger partial charge is 0.337 e. The molecule has 2 aromatic rings. The summed E-state index contributed by atoms with van der Waals surface area (Å²) in [6.07, 6.45) is 0.989. The Kier molecular flexibility index (Phi) is 6.35. The van der Waals surface area contributed by atoms with E-state index in [1.165, 1.54) is 22.7 Å². The molecule has 0 aliphatic carbocycles. The van der Waals surface area contributed by atoms with Crippen molar-refractivity contribution in [2.75, 3.05) is 34.2 Å². The maximum absolute atomic E-state index is 12.8. The SMILES string of the molecule is Cc1cccc(-c2noc(CN(C)C(=O)C3CCN(S(=O)(=O)N(C)C)CC3)n2)c1. The van der Waals surface area contributed by atoms with E-state index in [-0.39, 0.29) is 18.4 Å². The van der Waals surface area contributed by atoms with Gasteiger partial charge < -0.3 is 9.42 Å². The predicted octanol–water partition coefficient (Wildman–Crippen LogP) is 1.52. The molecule has 158 valence electrons. The lowest BCUT2D eigenvalue weighted by molar-refractivity contribution is -0.136. The van der Waals surface area contributed by atoms with Gasteiger partial charge in [0.25, 0.3) is 10.2 Å². The monoisotopic (exact) mass is 421 g/mol. The van der Waals surface area contributed by atoms with Gasteiger partial charge in [-0.05, 0) is 25.8 Å². The van der Waals surface area contributed by atoms with Gasteiger partial charge in [0.2, 0.25) is 17.6 Å². The highest BCUT2D eigenvalue weighted by atomic mass is 32.2. The number of rotatable bonds is 6. The van der Waals surface area contributed by atoms with Crippen LogP contribution < -0.4 is 0 Å². The second kappa shape index (κ2) is 8.60. The van der Waals surface area contributed by atoms with Crippen LogP contribution in [0, 0.1) is 12.8 Å². The number of hydrogen-bond donors (Lipinski definition) is 0. The minimum atomic E-state index is -3.44. The number of nitrogens with zero attached hydrogens (tertiary/aromatic N) is 5. The Balaban J connectivity index is 1.58. The van der Waals surface area contributed by atoms with Gasteiger partial charge in [-0.2, -0.15) is 22.0 Å². The van der Waals surface area contributed by atoms with Crippen molar-refractivity contribution < 1.29 is 17.7 Å². The number of benzene rings is 1. The van der Waals surface area contributed by atoms with Crippen LogP contribution in [-0.2, 0) is 21.5 Å². The highest BCUT2D eigenvalue weighted by Crippen LogP contribution is 2.23. The summed E-state index contributed by atoms with van der Waals surface area (Å²) in [4.78, 5) is 18.7. The van der Waals surface area contributed by atoms with Crippen molar-refractivity contribution >= 4 is 16.1 Å². The van der Waals surface area contributed by atoms with Crippen LogP contribution in [-0.4, -0.2) is 72.2 Å². The maximum atomic E-state index is 12.8. The van der Waals surface area contributed by atoms with E-state index in [1.54, 1.807) is 11.9 Å². The molecule has 9 nitrogen and oxygen atoms in total. The second-order valence-electron chi connectivity index (χ2n) is 7.54. The molecular weight excluding hydrogens is 394 g/mol. The molecule has 0 atom stereocenters. The third-order valence-electron chi connectivity index (χ3n) is 5.08. The van der Waals surface area contributed by atoms with Gasteiger partial charge in [0.1, 0.15) is 0 Å². The third kappa shape index (κ3) is 4.82. The molecular formula is C19H27N5O4S. The summed E-state index contributed by atoms with van der Waals surface area (Å²) >= 11 is 0. The average molecular weight is 422 g/mol. The van der Waals surface area contributed by atoms with Gasteiger partial charge in [-0.25, -0.2) is 0 Å². The first-order valence-electron chi connectivity index (χ1n) is 9.50. The third-order valence-corrected chi connectivity index (χ3v) is 7.02. The van der Waals surface area contributed by atoms with Crippen molar-refractivity contribution in [3.05, 3.63) is 35.7 Å². The Labute approximate surface area is 171 Å². The van der Waals surface area contributed by atoms with Gasteiger partial charge in [0, 0.05) is 45.7 Å². The van der Waals surface area contributed by atoms with Crippen LogP contribution in [0.2, 0.25) is 0 Å². The zero-order valence-electron chi connectivity index (χ0n) is 17.2. The van der Waals surface area contributed by atoms with Crippen molar-refractivity contribution in [1.29, 1.82) is 0 Å². The van der Waals surface area contributed by atoms with E-state index < -0.39 is 10.2 Å². The minimum Gasteiger partial charge on any atom is -0.337 e. The molecule has 0 N–H and O–H groups in total. The molecule has 3 rings (SSSR count). The van der Waals surface area contributed by atoms with Gasteiger partial charge in [-0.3, -0.25) is 4.79 Å². The molecule has 0 saturated carbocycles. The zero-order valence-corrected chi connectivity index (χ0v) is 18.0. The van der Waals surface area contributed by atoms with E-state index in [2.05, 4.69) is 10.1 Å². The topological polar surface area (TPSA) is 99.8 Å². The molecule has 0 spiro atoms. The van der Waals surface area contributed by atoms with Crippen molar-refractivity contribution in [2.24, 2.45) is 5.92 Å². The van der Waals surface area contributed by atoms with Crippen molar-refractivity contribution in [1.82, 2.24) is 23.7 Å². The number of amides is 1. The summed E-state index contributed by atoms with van der Waals surface area (Å²) in [5.74, 6) is 0.603. The molecule has 0 radical (unpaired) electrons. The van der Waals surface area contributed by atoms with Gasteiger partial charge in [-0.15, -0.1) is 0 Å². The van der Waals surface area contributed by atoms with Crippen LogP contribution in [0.5, 0.6) is 0 Å². The number of piperidine rings is 1. The Morgan fingerprint density at radius 1 is 1.24 bits per heavy atom. The molecule has 1 aliphatic heterocycles. The van der Waals surface area contributed by atoms with Gasteiger partial charge in [0.15, 0.2) is 0 Å². The molecule has 1 aromatic carbocycles. The first-order valence-corrected chi connectivity index (χ1v) is 10.9. The molecule has 1 aliphatic rings. The number of aromatic nitrogens is 2. The summed E-state index contributed by atoms with van der Waals surface area (Å²) in [7, 11) is 1.28. The highest BCUT2D eigenvalue weighted by Gasteiger charge is 2.33. The summed E-state index contributed by atoms with van der Waals surface area (Å²) < 4.78 is 32.3. The molecule has 1 amide bonds. The van der Waals surface area contributed by atoms with Crippen LogP contribution in [0.3, 0.4) is 0 Å². The predicted molar refractivity (Wildman–Crippen MR) is 108 cm³/mol. The Hall–Kier alpha value is -2.30. The average Bonchev–Trinajstić information content (AvgIpc) is 3.16. The molecule has 0 unspecified atom stereocenters. The molecule has 0 bridgehead atoms. The van der Waals surface area contributed by atoms with Gasteiger partial charge in [0.05, 0.1) is 6.54 Å². The number of carbonyl (C=O) groups excluding carboxylic acids is 1. The van der Waals surface area contributed by atoms with Gasteiger partial charge >= 0.3 is 0 Å². The lowest BCUT2D eigenvalue weighted by Crippen LogP contribution is -2.47. The Morgan fingerprint density at radius 2 is 1.93 bits per heavy atom. The Morgan fingerprint density at radius 3 is 2.55 bits per heavy atom. The van der Waals surface area contributed by atoms with E-state index >= 15 is 0 Å². The first kappa shape index (κ1) is 21.4. The Bertz CT molecular complexity index is 964. The lowest BCUT2D eigenvalue weighted by atomic mass is 9.97. The normalized spacial score (nSPS) is 16.3. The van der Waals surface area contributed by atoms with E-state index in [4.69, 9.17) is 4.52 Å². The summed E-state index contributed by atoms with van der Waals surface area (Å²) in [6.45, 7) is 2.88. The van der Waals surface area contributed by atoms with Crippen molar-refractivity contribution in [2.45, 2.75) is 26.3 Å². The quantitative estimate of drug-likeness (QED) is 0.701.